The Bertz CT molecular complexity index is 1110. The first kappa shape index (κ1) is 28.9. The molecule has 38 heavy (non-hydrogen) atoms. The highest BCUT2D eigenvalue weighted by Crippen LogP contribution is 2.68. The smallest absolute Gasteiger partial charge is 0.310 e. The van der Waals surface area contributed by atoms with E-state index in [1.165, 1.54) is 4.90 Å². The molecule has 4 rings (SSSR count). The second-order valence-corrected chi connectivity index (χ2v) is 13.1. The van der Waals surface area contributed by atoms with Crippen LogP contribution in [0.5, 0.6) is 0 Å². The predicted octanol–water partition coefficient (Wildman–Crippen LogP) is 4.18. The zero-order valence-electron chi connectivity index (χ0n) is 22.1. The second kappa shape index (κ2) is 12.0. The fourth-order valence-electron chi connectivity index (χ4n) is 6.28. The molecule has 1 aromatic rings. The summed E-state index contributed by atoms with van der Waals surface area (Å²) in [6, 6.07) is 5.13. The van der Waals surface area contributed by atoms with Crippen LogP contribution in [0, 0.1) is 25.7 Å². The van der Waals surface area contributed by atoms with Gasteiger partial charge in [0.25, 0.3) is 5.91 Å². The van der Waals surface area contributed by atoms with Gasteiger partial charge in [0, 0.05) is 28.9 Å². The number of rotatable bonds is 12. The molecule has 2 amide bonds. The van der Waals surface area contributed by atoms with Crippen LogP contribution < -0.4 is 4.90 Å². The van der Waals surface area contributed by atoms with Gasteiger partial charge in [-0.15, -0.1) is 24.9 Å². The fraction of sp³-hybridized carbons (Fsp3) is 0.552. The minimum absolute atomic E-state index is 0.0315. The Kier molecular flexibility index (Phi) is 9.10. The molecule has 3 unspecified atom stereocenters. The summed E-state index contributed by atoms with van der Waals surface area (Å²) in [7, 11) is 0. The van der Waals surface area contributed by atoms with E-state index in [0.29, 0.717) is 13.0 Å². The number of alkyl halides is 1. The maximum absolute atomic E-state index is 14.5. The van der Waals surface area contributed by atoms with Gasteiger partial charge in [-0.05, 0) is 56.7 Å². The Morgan fingerprint density at radius 2 is 2.05 bits per heavy atom. The normalized spacial score (nSPS) is 29.3. The molecular weight excluding hydrogens is 568 g/mol. The van der Waals surface area contributed by atoms with Crippen molar-refractivity contribution in [2.45, 2.75) is 60.4 Å². The number of benzene rings is 1. The molecule has 1 spiro atoms. The van der Waals surface area contributed by atoms with Gasteiger partial charge < -0.3 is 19.6 Å². The number of esters is 1. The number of aliphatic hydroxyl groups excluding tert-OH is 1. The number of unbranched alkanes of at least 4 members (excludes halogenated alkanes) is 2. The van der Waals surface area contributed by atoms with Crippen LogP contribution in [0.1, 0.15) is 36.8 Å². The Morgan fingerprint density at radius 1 is 1.29 bits per heavy atom. The Balaban J connectivity index is 1.69. The van der Waals surface area contributed by atoms with Gasteiger partial charge in [0.2, 0.25) is 5.91 Å². The number of allylic oxidation sites excluding steroid dienone is 1. The average Bonchev–Trinajstić information content (AvgIpc) is 3.47. The molecule has 9 heteroatoms. The number of hydrogen-bond donors (Lipinski definition) is 1. The van der Waals surface area contributed by atoms with Crippen molar-refractivity contribution < 1.29 is 24.2 Å². The van der Waals surface area contributed by atoms with Gasteiger partial charge in [0.05, 0.1) is 29.8 Å². The van der Waals surface area contributed by atoms with Crippen molar-refractivity contribution in [3.05, 3.63) is 54.6 Å². The Morgan fingerprint density at radius 3 is 2.74 bits per heavy atom. The third kappa shape index (κ3) is 4.97. The van der Waals surface area contributed by atoms with Crippen molar-refractivity contribution in [2.75, 3.05) is 31.2 Å². The van der Waals surface area contributed by atoms with Gasteiger partial charge >= 0.3 is 5.97 Å². The van der Waals surface area contributed by atoms with Gasteiger partial charge in [0.15, 0.2) is 0 Å². The van der Waals surface area contributed by atoms with E-state index in [-0.39, 0.29) is 47.6 Å². The molecule has 1 N–H and O–H groups in total. The zero-order chi connectivity index (χ0) is 27.6. The molecule has 3 aliphatic heterocycles. The van der Waals surface area contributed by atoms with Gasteiger partial charge in [-0.1, -0.05) is 40.2 Å². The summed E-state index contributed by atoms with van der Waals surface area (Å²) in [5, 5.41) is 9.72. The lowest BCUT2D eigenvalue weighted by molar-refractivity contribution is -0.154. The molecule has 2 bridgehead atoms. The number of aryl methyl sites for hydroxylation is 2. The van der Waals surface area contributed by atoms with Crippen molar-refractivity contribution in [1.82, 2.24) is 4.90 Å². The lowest BCUT2D eigenvalue weighted by atomic mass is 9.71. The monoisotopic (exact) mass is 604 g/mol. The quantitative estimate of drug-likeness (QED) is 0.167. The largest absolute Gasteiger partial charge is 0.465 e. The number of likely N-dealkylation sites (tertiary alicyclic amines) is 1. The Hall–Kier alpha value is -2.10. The molecule has 7 nitrogen and oxygen atoms in total. The number of aliphatic hydroxyl groups is 1. The average molecular weight is 606 g/mol. The summed E-state index contributed by atoms with van der Waals surface area (Å²) in [4.78, 5) is 44.9. The van der Waals surface area contributed by atoms with Crippen molar-refractivity contribution >= 4 is 51.2 Å². The van der Waals surface area contributed by atoms with Crippen LogP contribution in [-0.4, -0.2) is 75.0 Å². The molecule has 3 fully saturated rings. The number of β-amino-alcohol motifs (C(OH)–C–C–N with tert-alkyl or cyclic N) is 1. The topological polar surface area (TPSA) is 87.1 Å². The highest BCUT2D eigenvalue weighted by molar-refractivity contribution is 9.09. The van der Waals surface area contributed by atoms with Gasteiger partial charge in [-0.3, -0.25) is 14.4 Å². The van der Waals surface area contributed by atoms with Crippen LogP contribution in [0.4, 0.5) is 5.69 Å². The first-order chi connectivity index (χ1) is 18.2. The van der Waals surface area contributed by atoms with Crippen molar-refractivity contribution in [3.63, 3.8) is 0 Å². The van der Waals surface area contributed by atoms with Crippen LogP contribution >= 0.6 is 27.7 Å². The maximum atomic E-state index is 14.5. The number of halogens is 1. The number of nitrogens with zero attached hydrogens (tertiary/aromatic N) is 2. The second-order valence-electron chi connectivity index (χ2n) is 10.4. The molecule has 206 valence electrons. The zero-order valence-corrected chi connectivity index (χ0v) is 24.5. The number of thioether (sulfide) groups is 1. The molecule has 3 heterocycles. The number of ether oxygens (including phenoxy) is 1. The van der Waals surface area contributed by atoms with E-state index >= 15 is 0 Å². The van der Waals surface area contributed by atoms with Crippen molar-refractivity contribution in [3.8, 4) is 0 Å². The van der Waals surface area contributed by atoms with E-state index in [4.69, 9.17) is 4.74 Å². The third-order valence-corrected chi connectivity index (χ3v) is 11.1. The lowest BCUT2D eigenvalue weighted by Gasteiger charge is -2.38. The standard InChI is InChI=1S/C29H37BrN2O5S/c1-5-7-8-9-15-37-28(36)22-23-26(34)32(13-14-33)25(29(23)17-20(30)24(22)38-29)27(35)31(12-6-2)21-16-18(3)10-11-19(21)4/h5-6,10-11,16,20,22-25,33H,1-2,7-9,12-15,17H2,3-4H3/t20?,22-,23-,24-,25?,29?/m0/s1. The summed E-state index contributed by atoms with van der Waals surface area (Å²) in [5.41, 5.74) is 2.73. The van der Waals surface area contributed by atoms with Crippen molar-refractivity contribution in [1.29, 1.82) is 0 Å². The van der Waals surface area contributed by atoms with Crippen LogP contribution in [0.2, 0.25) is 0 Å². The van der Waals surface area contributed by atoms with Crippen LogP contribution in [0.15, 0.2) is 43.5 Å². The number of fused-ring (bicyclic) bond motifs is 1. The summed E-state index contributed by atoms with van der Waals surface area (Å²) in [5.74, 6) is -2.15. The van der Waals surface area contributed by atoms with E-state index in [0.717, 1.165) is 36.1 Å². The van der Waals surface area contributed by atoms with E-state index in [1.807, 2.05) is 38.1 Å². The molecule has 0 saturated carbocycles. The first-order valence-corrected chi connectivity index (χ1v) is 15.0. The number of amides is 2. The number of anilines is 1. The highest BCUT2D eigenvalue weighted by Gasteiger charge is 2.76. The summed E-state index contributed by atoms with van der Waals surface area (Å²) in [6.45, 7) is 11.9. The van der Waals surface area contributed by atoms with Crippen LogP contribution in [0.25, 0.3) is 0 Å². The highest BCUT2D eigenvalue weighted by atomic mass is 79.9. The SMILES string of the molecule is C=CCCCCOC(=O)[C@H]1[C@H]2C(=O)N(CCO)C(C(=O)N(CC=C)c3cc(C)ccc3C)C23CC(Br)[C@@H]1S3. The van der Waals surface area contributed by atoms with E-state index in [1.54, 1.807) is 22.7 Å². The minimum Gasteiger partial charge on any atom is -0.465 e. The first-order valence-electron chi connectivity index (χ1n) is 13.2. The maximum Gasteiger partial charge on any atom is 0.310 e. The summed E-state index contributed by atoms with van der Waals surface area (Å²) >= 11 is 5.34. The number of hydrogen-bond acceptors (Lipinski definition) is 6. The number of carbonyl (C=O) groups excluding carboxylic acids is 3. The minimum atomic E-state index is -0.813. The molecule has 3 aliphatic rings. The molecular formula is C29H37BrN2O5S. The molecule has 0 aromatic heterocycles. The fourth-order valence-corrected chi connectivity index (χ4v) is 9.87. The third-order valence-electron chi connectivity index (χ3n) is 7.92. The van der Waals surface area contributed by atoms with Crippen LogP contribution in [0.3, 0.4) is 0 Å². The van der Waals surface area contributed by atoms with Gasteiger partial charge in [-0.25, -0.2) is 0 Å². The molecule has 3 saturated heterocycles. The predicted molar refractivity (Wildman–Crippen MR) is 154 cm³/mol. The van der Waals surface area contributed by atoms with E-state index in [2.05, 4.69) is 29.1 Å². The lowest BCUT2D eigenvalue weighted by Crippen LogP contribution is -2.56. The van der Waals surface area contributed by atoms with Gasteiger partial charge in [0.1, 0.15) is 6.04 Å². The summed E-state index contributed by atoms with van der Waals surface area (Å²) in [6.07, 6.45) is 6.56. The van der Waals surface area contributed by atoms with Crippen molar-refractivity contribution in [2.24, 2.45) is 11.8 Å². The summed E-state index contributed by atoms with van der Waals surface area (Å²) < 4.78 is 4.88. The van der Waals surface area contributed by atoms with Crippen LogP contribution in [-0.2, 0) is 19.1 Å². The molecule has 1 aromatic carbocycles. The number of carbonyl (C=O) groups is 3. The van der Waals surface area contributed by atoms with Gasteiger partial charge in [-0.2, -0.15) is 0 Å². The Labute approximate surface area is 237 Å². The molecule has 6 atom stereocenters. The van der Waals surface area contributed by atoms with E-state index < -0.39 is 22.6 Å². The van der Waals surface area contributed by atoms with E-state index in [9.17, 15) is 19.5 Å². The molecule has 0 aliphatic carbocycles. The molecule has 0 radical (unpaired) electrons.